The van der Waals surface area contributed by atoms with Gasteiger partial charge >= 0.3 is 7.12 Å². The Morgan fingerprint density at radius 3 is 2.19 bits per heavy atom. The van der Waals surface area contributed by atoms with Crippen LogP contribution in [-0.4, -0.2) is 18.3 Å². The van der Waals surface area contributed by atoms with E-state index in [-0.39, 0.29) is 11.3 Å². The monoisotopic (exact) mass is 485 g/mol. The van der Waals surface area contributed by atoms with Gasteiger partial charge in [-0.05, 0) is 78.7 Å². The number of nitrogens with zero attached hydrogens (tertiary/aromatic N) is 1. The molecule has 0 spiro atoms. The molecular weight excluding hydrogens is 453 g/mol. The molecule has 2 aliphatic heterocycles. The molecule has 2 aromatic carbocycles. The summed E-state index contributed by atoms with van der Waals surface area (Å²) in [7, 11) is -0.438. The SMILES string of the molecule is CC1(C)C2=C(C=C3N=c4ccccc4=C31)C(B1OC(C)(C)C(C)(C)O1)=C1C=CC(c3ccccc3)C=C12. The maximum atomic E-state index is 6.66. The van der Waals surface area contributed by atoms with E-state index in [1.165, 1.54) is 38.6 Å². The Hall–Kier alpha value is -3.21. The molecule has 0 saturated carbocycles. The molecule has 1 saturated heterocycles. The van der Waals surface area contributed by atoms with Crippen molar-refractivity contribution >= 4 is 12.7 Å². The Kier molecular flexibility index (Phi) is 4.61. The van der Waals surface area contributed by atoms with Crippen LogP contribution in [0.25, 0.3) is 5.57 Å². The van der Waals surface area contributed by atoms with Crippen LogP contribution in [0.1, 0.15) is 53.0 Å². The van der Waals surface area contributed by atoms with Crippen molar-refractivity contribution in [2.45, 2.75) is 58.7 Å². The standard InChI is InChI=1S/C33H32BNO2/c1-31(2)28-24-18-21(20-12-8-7-9-13-20)16-17-22(24)30(34-36-32(3,4)33(5,6)37-34)25(28)19-27-29(31)23-14-10-11-15-26(23)35-27/h7-19,21H,1-6H3. The van der Waals surface area contributed by atoms with Gasteiger partial charge in [-0.25, -0.2) is 4.99 Å². The number of hydrogen-bond acceptors (Lipinski definition) is 3. The summed E-state index contributed by atoms with van der Waals surface area (Å²) in [6.07, 6.45) is 9.34. The summed E-state index contributed by atoms with van der Waals surface area (Å²) in [5, 5.41) is 2.29. The van der Waals surface area contributed by atoms with Crippen LogP contribution >= 0.6 is 0 Å². The number of allylic oxidation sites excluding steroid dienone is 10. The summed E-state index contributed by atoms with van der Waals surface area (Å²) in [6.45, 7) is 13.2. The fourth-order valence-electron chi connectivity index (χ4n) is 6.54. The second-order valence-corrected chi connectivity index (χ2v) is 12.2. The van der Waals surface area contributed by atoms with Crippen molar-refractivity contribution < 1.29 is 9.31 Å². The van der Waals surface area contributed by atoms with Crippen LogP contribution in [0.15, 0.2) is 117 Å². The van der Waals surface area contributed by atoms with Crippen molar-refractivity contribution in [2.75, 3.05) is 0 Å². The molecule has 1 unspecified atom stereocenters. The zero-order chi connectivity index (χ0) is 25.7. The van der Waals surface area contributed by atoms with E-state index in [4.69, 9.17) is 14.3 Å². The average molecular weight is 485 g/mol. The molecule has 2 heterocycles. The lowest BCUT2D eigenvalue weighted by Crippen LogP contribution is -2.41. The lowest BCUT2D eigenvalue weighted by Gasteiger charge is -2.35. The van der Waals surface area contributed by atoms with E-state index in [1.807, 2.05) is 0 Å². The van der Waals surface area contributed by atoms with E-state index in [1.54, 1.807) is 0 Å². The van der Waals surface area contributed by atoms with E-state index in [0.29, 0.717) is 0 Å². The summed E-state index contributed by atoms with van der Waals surface area (Å²) in [4.78, 5) is 5.08. The van der Waals surface area contributed by atoms with E-state index in [9.17, 15) is 0 Å². The molecule has 4 heteroatoms. The van der Waals surface area contributed by atoms with Crippen LogP contribution in [0.2, 0.25) is 0 Å². The second-order valence-electron chi connectivity index (χ2n) is 12.2. The van der Waals surface area contributed by atoms with Crippen molar-refractivity contribution in [3.8, 4) is 0 Å². The Morgan fingerprint density at radius 2 is 1.46 bits per heavy atom. The third-order valence-electron chi connectivity index (χ3n) is 9.10. The summed E-state index contributed by atoms with van der Waals surface area (Å²) in [5.74, 6) is 0.220. The highest BCUT2D eigenvalue weighted by atomic mass is 16.7. The molecular formula is C33H32BNO2. The van der Waals surface area contributed by atoms with Crippen molar-refractivity contribution in [3.63, 3.8) is 0 Å². The first-order chi connectivity index (χ1) is 17.6. The smallest absolute Gasteiger partial charge is 0.399 e. The molecule has 0 aromatic heterocycles. The highest BCUT2D eigenvalue weighted by Crippen LogP contribution is 2.58. The quantitative estimate of drug-likeness (QED) is 0.495. The highest BCUT2D eigenvalue weighted by molar-refractivity contribution is 6.57. The Morgan fingerprint density at radius 1 is 0.784 bits per heavy atom. The van der Waals surface area contributed by atoms with Crippen molar-refractivity contribution in [3.05, 3.63) is 129 Å². The molecule has 1 fully saturated rings. The van der Waals surface area contributed by atoms with Gasteiger partial charge in [0.15, 0.2) is 0 Å². The molecule has 7 rings (SSSR count). The van der Waals surface area contributed by atoms with Crippen molar-refractivity contribution in [1.29, 1.82) is 0 Å². The number of para-hydroxylation sites is 1. The molecule has 3 aliphatic carbocycles. The zero-order valence-corrected chi connectivity index (χ0v) is 22.4. The van der Waals surface area contributed by atoms with E-state index in [2.05, 4.69) is 120 Å². The molecule has 0 N–H and O–H groups in total. The minimum atomic E-state index is -0.438. The molecule has 37 heavy (non-hydrogen) atoms. The molecule has 3 nitrogen and oxygen atoms in total. The van der Waals surface area contributed by atoms with Gasteiger partial charge in [-0.3, -0.25) is 0 Å². The Bertz CT molecular complexity index is 1630. The Balaban J connectivity index is 1.47. The fourth-order valence-corrected chi connectivity index (χ4v) is 6.54. The van der Waals surface area contributed by atoms with Gasteiger partial charge in [0.05, 0.1) is 22.3 Å². The minimum absolute atomic E-state index is 0.220. The van der Waals surface area contributed by atoms with E-state index >= 15 is 0 Å². The fraction of sp³-hybridized carbons (Fsp3) is 0.303. The van der Waals surface area contributed by atoms with Gasteiger partial charge in [0.2, 0.25) is 0 Å². The van der Waals surface area contributed by atoms with Gasteiger partial charge in [-0.1, -0.05) is 80.6 Å². The van der Waals surface area contributed by atoms with E-state index < -0.39 is 18.3 Å². The third kappa shape index (κ3) is 3.12. The van der Waals surface area contributed by atoms with Crippen molar-refractivity contribution in [2.24, 2.45) is 10.4 Å². The van der Waals surface area contributed by atoms with Crippen LogP contribution < -0.4 is 10.6 Å². The lowest BCUT2D eigenvalue weighted by molar-refractivity contribution is 0.00578. The predicted octanol–water partition coefficient (Wildman–Crippen LogP) is 5.91. The first kappa shape index (κ1) is 23.0. The Labute approximate surface area is 219 Å². The average Bonchev–Trinajstić information content (AvgIpc) is 3.46. The van der Waals surface area contributed by atoms with Crippen LogP contribution in [0.5, 0.6) is 0 Å². The van der Waals surface area contributed by atoms with Gasteiger partial charge < -0.3 is 9.31 Å². The predicted molar refractivity (Wildman–Crippen MR) is 149 cm³/mol. The molecule has 0 bridgehead atoms. The molecule has 5 aliphatic rings. The molecule has 2 aromatic rings. The normalized spacial score (nSPS) is 25.8. The maximum Gasteiger partial charge on any atom is 0.496 e. The number of rotatable bonds is 2. The van der Waals surface area contributed by atoms with Gasteiger partial charge in [-0.15, -0.1) is 0 Å². The highest BCUT2D eigenvalue weighted by Gasteiger charge is 2.56. The molecule has 0 amide bonds. The van der Waals surface area contributed by atoms with E-state index in [0.717, 1.165) is 16.5 Å². The minimum Gasteiger partial charge on any atom is -0.399 e. The van der Waals surface area contributed by atoms with Crippen LogP contribution in [0, 0.1) is 5.41 Å². The lowest BCUT2D eigenvalue weighted by atomic mass is 9.66. The first-order valence-electron chi connectivity index (χ1n) is 13.3. The first-order valence-corrected chi connectivity index (χ1v) is 13.3. The summed E-state index contributed by atoms with van der Waals surface area (Å²) < 4.78 is 13.3. The number of fused-ring (bicyclic) bond motifs is 4. The van der Waals surface area contributed by atoms with Crippen LogP contribution in [-0.2, 0) is 9.31 Å². The van der Waals surface area contributed by atoms with Gasteiger partial charge in [0.1, 0.15) is 0 Å². The van der Waals surface area contributed by atoms with Gasteiger partial charge in [-0.2, -0.15) is 0 Å². The zero-order valence-electron chi connectivity index (χ0n) is 22.4. The number of benzene rings is 2. The second kappa shape index (κ2) is 7.43. The summed E-state index contributed by atoms with van der Waals surface area (Å²) in [5.41, 5.74) is 8.82. The van der Waals surface area contributed by atoms with Gasteiger partial charge in [0.25, 0.3) is 0 Å². The molecule has 184 valence electrons. The molecule has 0 radical (unpaired) electrons. The molecule has 1 atom stereocenters. The third-order valence-corrected chi connectivity index (χ3v) is 9.10. The van der Waals surface area contributed by atoms with Crippen LogP contribution in [0.4, 0.5) is 0 Å². The number of hydrogen-bond donors (Lipinski definition) is 0. The van der Waals surface area contributed by atoms with Gasteiger partial charge in [0, 0.05) is 16.6 Å². The van der Waals surface area contributed by atoms with Crippen LogP contribution in [0.3, 0.4) is 0 Å². The topological polar surface area (TPSA) is 30.8 Å². The van der Waals surface area contributed by atoms with Crippen molar-refractivity contribution in [1.82, 2.24) is 0 Å². The summed E-state index contributed by atoms with van der Waals surface area (Å²) in [6, 6.07) is 19.3. The largest absolute Gasteiger partial charge is 0.496 e. The summed E-state index contributed by atoms with van der Waals surface area (Å²) >= 11 is 0. The maximum absolute atomic E-state index is 6.66.